The molecule has 1 aromatic carbocycles. The molecule has 0 bridgehead atoms. The van der Waals surface area contributed by atoms with Crippen LogP contribution in [0.25, 0.3) is 22.6 Å². The summed E-state index contributed by atoms with van der Waals surface area (Å²) in [5, 5.41) is 10.4. The van der Waals surface area contributed by atoms with Crippen LogP contribution in [-0.2, 0) is 11.3 Å². The fourth-order valence-electron chi connectivity index (χ4n) is 4.13. The van der Waals surface area contributed by atoms with E-state index >= 15 is 0 Å². The van der Waals surface area contributed by atoms with Gasteiger partial charge in [-0.05, 0) is 58.8 Å². The summed E-state index contributed by atoms with van der Waals surface area (Å²) in [6, 6.07) is 7.53. The second-order valence-electron chi connectivity index (χ2n) is 9.10. The van der Waals surface area contributed by atoms with E-state index in [9.17, 15) is 14.7 Å². The minimum atomic E-state index is -0.754. The lowest BCUT2D eigenvalue weighted by molar-refractivity contribution is -0.198. The summed E-state index contributed by atoms with van der Waals surface area (Å²) in [5.41, 5.74) is 0.111. The molecule has 3 heterocycles. The van der Waals surface area contributed by atoms with Crippen molar-refractivity contribution < 1.29 is 9.84 Å². The van der Waals surface area contributed by atoms with E-state index in [0.29, 0.717) is 17.9 Å². The maximum Gasteiger partial charge on any atom is 0.349 e. The molecule has 0 amide bonds. The Morgan fingerprint density at radius 3 is 2.58 bits per heavy atom. The van der Waals surface area contributed by atoms with Crippen LogP contribution in [0.2, 0.25) is 0 Å². The van der Waals surface area contributed by atoms with E-state index in [0.717, 1.165) is 38.0 Å². The zero-order valence-electron chi connectivity index (χ0n) is 18.2. The van der Waals surface area contributed by atoms with E-state index in [4.69, 9.17) is 4.74 Å². The number of aromatic nitrogens is 4. The molecule has 0 aliphatic carbocycles. The zero-order valence-corrected chi connectivity index (χ0v) is 18.2. The van der Waals surface area contributed by atoms with Gasteiger partial charge in [0.15, 0.2) is 17.8 Å². The van der Waals surface area contributed by atoms with Gasteiger partial charge in [0.05, 0.1) is 16.6 Å². The SMILES string of the molecule is CC(C)(C)OC(O)C1CCN(CCn2c3nc(=O)[nH]c(=O)c-3nc3ccccc32)CC1. The second kappa shape index (κ2) is 8.49. The van der Waals surface area contributed by atoms with Crippen LogP contribution < -0.4 is 11.2 Å². The Morgan fingerprint density at radius 1 is 1.16 bits per heavy atom. The van der Waals surface area contributed by atoms with Gasteiger partial charge in [0, 0.05) is 19.0 Å². The Balaban J connectivity index is 1.51. The van der Waals surface area contributed by atoms with E-state index in [1.807, 2.05) is 49.6 Å². The molecule has 1 fully saturated rings. The van der Waals surface area contributed by atoms with Crippen molar-refractivity contribution >= 4 is 11.0 Å². The predicted octanol–water partition coefficient (Wildman–Crippen LogP) is 1.43. The summed E-state index contributed by atoms with van der Waals surface area (Å²) in [6.45, 7) is 8.82. The van der Waals surface area contributed by atoms with Crippen molar-refractivity contribution in [1.82, 2.24) is 24.4 Å². The summed E-state index contributed by atoms with van der Waals surface area (Å²) in [6.07, 6.45) is 0.945. The Labute approximate surface area is 180 Å². The molecule has 0 saturated carbocycles. The van der Waals surface area contributed by atoms with Crippen molar-refractivity contribution in [2.24, 2.45) is 5.92 Å². The fraction of sp³-hybridized carbons (Fsp3) is 0.545. The smallest absolute Gasteiger partial charge is 0.349 e. The molecule has 1 unspecified atom stereocenters. The number of H-pyrrole nitrogens is 1. The van der Waals surface area contributed by atoms with Crippen LogP contribution in [0.1, 0.15) is 33.6 Å². The highest BCUT2D eigenvalue weighted by atomic mass is 16.6. The highest BCUT2D eigenvalue weighted by Gasteiger charge is 2.29. The largest absolute Gasteiger partial charge is 0.368 e. The van der Waals surface area contributed by atoms with Gasteiger partial charge >= 0.3 is 5.69 Å². The van der Waals surface area contributed by atoms with Crippen molar-refractivity contribution in [3.05, 3.63) is 45.1 Å². The maximum absolute atomic E-state index is 12.3. The molecule has 31 heavy (non-hydrogen) atoms. The first-order valence-corrected chi connectivity index (χ1v) is 10.7. The number of aliphatic hydroxyl groups is 1. The first-order chi connectivity index (χ1) is 14.7. The number of aromatic amines is 1. The van der Waals surface area contributed by atoms with Crippen LogP contribution in [0.3, 0.4) is 0 Å². The molecule has 3 aliphatic rings. The number of para-hydroxylation sites is 2. The van der Waals surface area contributed by atoms with Gasteiger partial charge in [-0.25, -0.2) is 9.78 Å². The number of fused-ring (bicyclic) bond motifs is 2. The number of hydrogen-bond donors (Lipinski definition) is 2. The minimum absolute atomic E-state index is 0.119. The highest BCUT2D eigenvalue weighted by Crippen LogP contribution is 2.25. The summed E-state index contributed by atoms with van der Waals surface area (Å²) in [5.74, 6) is 0.422. The van der Waals surface area contributed by atoms with Crippen molar-refractivity contribution in [1.29, 1.82) is 0 Å². The van der Waals surface area contributed by atoms with E-state index in [1.165, 1.54) is 0 Å². The van der Waals surface area contributed by atoms with Crippen LogP contribution >= 0.6 is 0 Å². The topological polar surface area (TPSA) is 113 Å². The molecule has 3 aliphatic heterocycles. The highest BCUT2D eigenvalue weighted by molar-refractivity contribution is 5.79. The Bertz CT molecular complexity index is 1140. The van der Waals surface area contributed by atoms with Gasteiger partial charge in [-0.1, -0.05) is 12.1 Å². The second-order valence-corrected chi connectivity index (χ2v) is 9.10. The normalized spacial score (nSPS) is 17.4. The third-order valence-corrected chi connectivity index (χ3v) is 5.66. The number of likely N-dealkylation sites (tertiary alicyclic amines) is 1. The molecule has 9 heteroatoms. The molecule has 0 spiro atoms. The fourth-order valence-corrected chi connectivity index (χ4v) is 4.13. The van der Waals surface area contributed by atoms with Crippen LogP contribution in [0, 0.1) is 5.92 Å². The first-order valence-electron chi connectivity index (χ1n) is 10.7. The number of piperidine rings is 1. The summed E-state index contributed by atoms with van der Waals surface area (Å²) >= 11 is 0. The van der Waals surface area contributed by atoms with Crippen LogP contribution in [0.4, 0.5) is 0 Å². The Kier molecular flexibility index (Phi) is 5.92. The summed E-state index contributed by atoms with van der Waals surface area (Å²) in [4.78, 5) is 37.1. The molecule has 2 N–H and O–H groups in total. The number of rotatable bonds is 5. The van der Waals surface area contributed by atoms with E-state index in [1.54, 1.807) is 0 Å². The lowest BCUT2D eigenvalue weighted by Crippen LogP contribution is -2.42. The molecule has 4 rings (SSSR count). The minimum Gasteiger partial charge on any atom is -0.368 e. The molecule has 0 aromatic heterocycles. The molecule has 166 valence electrons. The van der Waals surface area contributed by atoms with Gasteiger partial charge in [-0.2, -0.15) is 4.98 Å². The Hall–Kier alpha value is -2.62. The van der Waals surface area contributed by atoms with Crippen LogP contribution in [-0.4, -0.2) is 61.1 Å². The van der Waals surface area contributed by atoms with Gasteiger partial charge in [-0.15, -0.1) is 0 Å². The van der Waals surface area contributed by atoms with Gasteiger partial charge < -0.3 is 19.3 Å². The first kappa shape index (κ1) is 21.6. The molecule has 9 nitrogen and oxygen atoms in total. The van der Waals surface area contributed by atoms with Gasteiger partial charge in [-0.3, -0.25) is 9.78 Å². The summed E-state index contributed by atoms with van der Waals surface area (Å²) in [7, 11) is 0. The average Bonchev–Trinajstić information content (AvgIpc) is 2.71. The number of hydrogen-bond acceptors (Lipinski definition) is 7. The van der Waals surface area contributed by atoms with Crippen LogP contribution in [0.5, 0.6) is 0 Å². The molecule has 1 atom stereocenters. The van der Waals surface area contributed by atoms with Crippen molar-refractivity contribution in [3.8, 4) is 11.5 Å². The standard InChI is InChI=1S/C22H29N5O4/c1-22(2,3)31-20(29)14-8-10-26(11-9-14)12-13-27-16-7-5-4-6-15(16)23-17-18(27)24-21(30)25-19(17)28/h4-7,14,20,29H,8-13H2,1-3H3,(H,25,28,30). The quantitative estimate of drug-likeness (QED) is 0.468. The van der Waals surface area contributed by atoms with Gasteiger partial charge in [0.1, 0.15) is 0 Å². The van der Waals surface area contributed by atoms with Crippen LogP contribution in [0.15, 0.2) is 33.9 Å². The van der Waals surface area contributed by atoms with E-state index in [-0.39, 0.29) is 17.2 Å². The van der Waals surface area contributed by atoms with Crippen molar-refractivity contribution in [2.45, 2.75) is 52.0 Å². The molecule has 0 radical (unpaired) electrons. The summed E-state index contributed by atoms with van der Waals surface area (Å²) < 4.78 is 7.62. The molecule has 1 aromatic rings. The Morgan fingerprint density at radius 2 is 1.87 bits per heavy atom. The average molecular weight is 428 g/mol. The van der Waals surface area contributed by atoms with Gasteiger partial charge in [0.25, 0.3) is 5.56 Å². The lowest BCUT2D eigenvalue weighted by Gasteiger charge is -2.36. The third kappa shape index (κ3) is 4.84. The third-order valence-electron chi connectivity index (χ3n) is 5.66. The number of benzene rings is 1. The van der Waals surface area contributed by atoms with Crippen molar-refractivity contribution in [2.75, 3.05) is 19.6 Å². The zero-order chi connectivity index (χ0) is 22.2. The predicted molar refractivity (Wildman–Crippen MR) is 117 cm³/mol. The number of ether oxygens (including phenoxy) is 1. The molecular weight excluding hydrogens is 398 g/mol. The maximum atomic E-state index is 12.3. The number of aliphatic hydroxyl groups excluding tert-OH is 1. The van der Waals surface area contributed by atoms with Crippen molar-refractivity contribution in [3.63, 3.8) is 0 Å². The molecule has 1 saturated heterocycles. The molecular formula is C22H29N5O4. The number of nitrogens with one attached hydrogen (secondary N) is 1. The van der Waals surface area contributed by atoms with E-state index in [2.05, 4.69) is 19.9 Å². The lowest BCUT2D eigenvalue weighted by atomic mass is 9.96. The van der Waals surface area contributed by atoms with E-state index < -0.39 is 17.5 Å². The monoisotopic (exact) mass is 427 g/mol. The number of nitrogens with zero attached hydrogens (tertiary/aromatic N) is 4. The van der Waals surface area contributed by atoms with Gasteiger partial charge in [0.2, 0.25) is 0 Å².